The largest absolute Gasteiger partial charge is 0.385 e. The number of ether oxygens (including phenoxy) is 1. The molecule has 4 aromatic rings. The second-order valence-electron chi connectivity index (χ2n) is 12.2. The van der Waals surface area contributed by atoms with Gasteiger partial charge in [-0.1, -0.05) is 54.6 Å². The van der Waals surface area contributed by atoms with Crippen LogP contribution in [0.3, 0.4) is 0 Å². The van der Waals surface area contributed by atoms with Crippen LogP contribution in [0.1, 0.15) is 60.0 Å². The van der Waals surface area contributed by atoms with Gasteiger partial charge in [-0.05, 0) is 85.5 Å². The Morgan fingerprint density at radius 3 is 2.59 bits per heavy atom. The summed E-state index contributed by atoms with van der Waals surface area (Å²) < 4.78 is 7.62. The number of fused-ring (bicyclic) bond motifs is 1. The number of hydrogen-bond acceptors (Lipinski definition) is 4. The van der Waals surface area contributed by atoms with Crippen molar-refractivity contribution in [2.24, 2.45) is 5.92 Å². The van der Waals surface area contributed by atoms with Crippen LogP contribution >= 0.6 is 0 Å². The molecule has 1 aromatic heterocycles. The van der Waals surface area contributed by atoms with Gasteiger partial charge in [0, 0.05) is 68.6 Å². The number of carbonyl (C=O) groups excluding carboxylic acids is 2. The normalized spacial score (nSPS) is 18.3. The van der Waals surface area contributed by atoms with Gasteiger partial charge >= 0.3 is 0 Å². The smallest absolute Gasteiger partial charge is 0.251 e. The third-order valence-corrected chi connectivity index (χ3v) is 9.14. The summed E-state index contributed by atoms with van der Waals surface area (Å²) in [6.45, 7) is 6.35. The van der Waals surface area contributed by atoms with Crippen LogP contribution in [0.2, 0.25) is 0 Å². The highest BCUT2D eigenvalue weighted by molar-refractivity contribution is 5.95. The zero-order valence-corrected chi connectivity index (χ0v) is 25.9. The summed E-state index contributed by atoms with van der Waals surface area (Å²) in [5.41, 5.74) is 6.35. The molecule has 1 aliphatic carbocycles. The Kier molecular flexibility index (Phi) is 9.43. The molecule has 2 N–H and O–H groups in total. The van der Waals surface area contributed by atoms with Gasteiger partial charge in [-0.25, -0.2) is 0 Å². The minimum absolute atomic E-state index is 0.0622. The second-order valence-corrected chi connectivity index (χ2v) is 12.2. The van der Waals surface area contributed by atoms with E-state index in [-0.39, 0.29) is 23.7 Å². The minimum atomic E-state index is -0.128. The molecule has 0 spiro atoms. The molecule has 0 bridgehead atoms. The van der Waals surface area contributed by atoms with E-state index in [9.17, 15) is 9.59 Å². The van der Waals surface area contributed by atoms with Gasteiger partial charge in [0.25, 0.3) is 5.91 Å². The summed E-state index contributed by atoms with van der Waals surface area (Å²) in [4.78, 5) is 29.1. The van der Waals surface area contributed by atoms with Gasteiger partial charge in [0.1, 0.15) is 0 Å². The third-order valence-electron chi connectivity index (χ3n) is 9.14. The number of nitrogens with zero attached hydrogens (tertiary/aromatic N) is 2. The number of piperidine rings is 1. The first-order valence-electron chi connectivity index (χ1n) is 16.1. The van der Waals surface area contributed by atoms with Crippen molar-refractivity contribution in [2.75, 3.05) is 33.4 Å². The van der Waals surface area contributed by atoms with Crippen molar-refractivity contribution in [3.8, 4) is 11.1 Å². The Morgan fingerprint density at radius 2 is 1.80 bits per heavy atom. The number of hydrogen-bond donors (Lipinski definition) is 2. The van der Waals surface area contributed by atoms with E-state index < -0.39 is 0 Å². The first-order chi connectivity index (χ1) is 21.6. The molecule has 3 aromatic carbocycles. The number of aryl methyl sites for hydroxylation is 1. The highest BCUT2D eigenvalue weighted by Gasteiger charge is 2.40. The van der Waals surface area contributed by atoms with Crippen molar-refractivity contribution < 1.29 is 14.3 Å². The fourth-order valence-electron chi connectivity index (χ4n) is 6.75. The quantitative estimate of drug-likeness (QED) is 0.199. The fourth-order valence-corrected chi connectivity index (χ4v) is 6.75. The van der Waals surface area contributed by atoms with Crippen LogP contribution in [0, 0.1) is 5.92 Å². The van der Waals surface area contributed by atoms with Crippen molar-refractivity contribution in [3.05, 3.63) is 95.7 Å². The minimum Gasteiger partial charge on any atom is -0.385 e. The first kappa shape index (κ1) is 30.1. The molecule has 2 heterocycles. The number of aromatic nitrogens is 1. The summed E-state index contributed by atoms with van der Waals surface area (Å²) in [7, 11) is 1.74. The number of benzene rings is 3. The van der Waals surface area contributed by atoms with Gasteiger partial charge in [-0.2, -0.15) is 0 Å². The molecular weight excluding hydrogens is 548 g/mol. The standard InChI is InChI=1S/C37H44N4O3/c1-3-39-36(42)29-12-7-10-27(22-29)26-9-6-11-28(21-26)32-17-18-38-23-34(32)37(43)41(31-15-16-31)25-30-24-40(19-8-20-44-2)35-14-5-4-13-33(30)35/h4-7,9-14,21-22,24,31-32,34,38H,3,8,15-20,23,25H2,1-2H3,(H,39,42)/t32-,34+/m1/s1. The molecule has 2 atom stereocenters. The molecule has 44 heavy (non-hydrogen) atoms. The van der Waals surface area contributed by atoms with E-state index in [0.717, 1.165) is 56.5 Å². The summed E-state index contributed by atoms with van der Waals surface area (Å²) in [6.07, 6.45) is 6.25. The average molecular weight is 593 g/mol. The number of para-hydroxylation sites is 1. The molecule has 230 valence electrons. The van der Waals surface area contributed by atoms with Crippen LogP contribution in [0.5, 0.6) is 0 Å². The predicted molar refractivity (Wildman–Crippen MR) is 176 cm³/mol. The zero-order chi connectivity index (χ0) is 30.5. The summed E-state index contributed by atoms with van der Waals surface area (Å²) in [6, 6.07) is 25.2. The SMILES string of the molecule is CCNC(=O)c1cccc(-c2cccc([C@H]3CCNC[C@@H]3C(=O)N(Cc3cn(CCCOC)c4ccccc34)C3CC3)c2)c1. The van der Waals surface area contributed by atoms with E-state index in [1.54, 1.807) is 7.11 Å². The van der Waals surface area contributed by atoms with Gasteiger partial charge in [0.15, 0.2) is 0 Å². The molecule has 1 aliphatic heterocycles. The summed E-state index contributed by atoms with van der Waals surface area (Å²) in [5, 5.41) is 7.64. The van der Waals surface area contributed by atoms with Crippen LogP contribution in [-0.2, 0) is 22.6 Å². The maximum absolute atomic E-state index is 14.5. The van der Waals surface area contributed by atoms with Crippen molar-refractivity contribution >= 4 is 22.7 Å². The van der Waals surface area contributed by atoms with Crippen LogP contribution in [0.4, 0.5) is 0 Å². The monoisotopic (exact) mass is 592 g/mol. The molecule has 7 heteroatoms. The van der Waals surface area contributed by atoms with Gasteiger partial charge in [0.05, 0.1) is 5.92 Å². The Bertz CT molecular complexity index is 1610. The van der Waals surface area contributed by atoms with Crippen LogP contribution in [-0.4, -0.2) is 60.7 Å². The summed E-state index contributed by atoms with van der Waals surface area (Å²) in [5.74, 6) is 0.195. The Balaban J connectivity index is 1.25. The Labute approximate surface area is 260 Å². The highest BCUT2D eigenvalue weighted by Crippen LogP contribution is 2.38. The second kappa shape index (κ2) is 13.8. The van der Waals surface area contributed by atoms with Gasteiger partial charge in [0.2, 0.25) is 5.91 Å². The van der Waals surface area contributed by atoms with Gasteiger partial charge < -0.3 is 24.8 Å². The van der Waals surface area contributed by atoms with Crippen molar-refractivity contribution in [2.45, 2.75) is 57.7 Å². The van der Waals surface area contributed by atoms with E-state index in [1.165, 1.54) is 22.0 Å². The Hall–Kier alpha value is -3.94. The maximum Gasteiger partial charge on any atom is 0.251 e. The zero-order valence-electron chi connectivity index (χ0n) is 25.9. The van der Waals surface area contributed by atoms with Gasteiger partial charge in [-0.3, -0.25) is 9.59 Å². The third kappa shape index (κ3) is 6.59. The predicted octanol–water partition coefficient (Wildman–Crippen LogP) is 5.98. The van der Waals surface area contributed by atoms with E-state index in [2.05, 4.69) is 74.8 Å². The number of methoxy groups -OCH3 is 1. The van der Waals surface area contributed by atoms with Crippen LogP contribution in [0.25, 0.3) is 22.0 Å². The molecule has 2 aliphatic rings. The molecular formula is C37H44N4O3. The summed E-state index contributed by atoms with van der Waals surface area (Å²) >= 11 is 0. The molecule has 7 nitrogen and oxygen atoms in total. The first-order valence-corrected chi connectivity index (χ1v) is 16.1. The van der Waals surface area contributed by atoms with E-state index in [0.29, 0.717) is 31.2 Å². The lowest BCUT2D eigenvalue weighted by Crippen LogP contribution is -2.47. The molecule has 0 radical (unpaired) electrons. The van der Waals surface area contributed by atoms with E-state index in [1.807, 2.05) is 31.2 Å². The topological polar surface area (TPSA) is 75.6 Å². The fraction of sp³-hybridized carbons (Fsp3) is 0.405. The van der Waals surface area contributed by atoms with Crippen LogP contribution in [0.15, 0.2) is 79.0 Å². The molecule has 6 rings (SSSR count). The highest BCUT2D eigenvalue weighted by atomic mass is 16.5. The van der Waals surface area contributed by atoms with E-state index in [4.69, 9.17) is 4.74 Å². The molecule has 2 amide bonds. The number of carbonyl (C=O) groups is 2. The number of nitrogens with one attached hydrogen (secondary N) is 2. The van der Waals surface area contributed by atoms with Crippen molar-refractivity contribution in [1.29, 1.82) is 0 Å². The molecule has 0 unspecified atom stereocenters. The number of rotatable bonds is 12. The lowest BCUT2D eigenvalue weighted by molar-refractivity contribution is -0.138. The molecule has 1 saturated carbocycles. The van der Waals surface area contributed by atoms with Gasteiger partial charge in [-0.15, -0.1) is 0 Å². The van der Waals surface area contributed by atoms with Crippen molar-refractivity contribution in [3.63, 3.8) is 0 Å². The lowest BCUT2D eigenvalue weighted by Gasteiger charge is -2.36. The van der Waals surface area contributed by atoms with Crippen LogP contribution < -0.4 is 10.6 Å². The molecule has 1 saturated heterocycles. The molecule has 2 fully saturated rings. The Morgan fingerprint density at radius 1 is 1.00 bits per heavy atom. The maximum atomic E-state index is 14.5. The lowest BCUT2D eigenvalue weighted by atomic mass is 9.79. The van der Waals surface area contributed by atoms with Crippen molar-refractivity contribution in [1.82, 2.24) is 20.1 Å². The average Bonchev–Trinajstić information content (AvgIpc) is 3.86. The number of amides is 2. The van der Waals surface area contributed by atoms with E-state index >= 15 is 0 Å².